The van der Waals surface area contributed by atoms with Gasteiger partial charge in [-0.05, 0) is 30.0 Å². The molecule has 8 heteroatoms. The summed E-state index contributed by atoms with van der Waals surface area (Å²) in [4.78, 5) is 24.1. The van der Waals surface area contributed by atoms with E-state index in [2.05, 4.69) is 0 Å². The lowest BCUT2D eigenvalue weighted by Gasteiger charge is -2.17. The number of hydrogen-bond acceptors (Lipinski definition) is 3. The Hall–Kier alpha value is -1.70. The van der Waals surface area contributed by atoms with Crippen LogP contribution in [0.3, 0.4) is 0 Å². The molecular weight excluding hydrogens is 293 g/mol. The van der Waals surface area contributed by atoms with Crippen molar-refractivity contribution >= 4 is 29.3 Å². The lowest BCUT2D eigenvalue weighted by Crippen LogP contribution is -2.28. The molecule has 0 spiro atoms. The highest BCUT2D eigenvalue weighted by molar-refractivity contribution is 8.00. The van der Waals surface area contributed by atoms with Gasteiger partial charge in [0.05, 0.1) is 5.92 Å². The quantitative estimate of drug-likeness (QED) is 0.870. The highest BCUT2D eigenvalue weighted by Crippen LogP contribution is 2.38. The zero-order valence-electron chi connectivity index (χ0n) is 10.2. The molecule has 2 rings (SSSR count). The van der Waals surface area contributed by atoms with Gasteiger partial charge in [-0.15, -0.1) is 0 Å². The SMILES string of the molecule is NC(=O)C1CC(=O)N(c2cccc(SC(F)(F)F)c2)C1. The summed E-state index contributed by atoms with van der Waals surface area (Å²) in [6.45, 7) is 0.105. The predicted octanol–water partition coefficient (Wildman–Crippen LogP) is 2.14. The normalized spacial score (nSPS) is 19.4. The molecule has 2 N–H and O–H groups in total. The first-order valence-electron chi connectivity index (χ1n) is 5.72. The Labute approximate surface area is 117 Å². The Morgan fingerprint density at radius 3 is 2.65 bits per heavy atom. The van der Waals surface area contributed by atoms with Crippen LogP contribution in [-0.2, 0) is 9.59 Å². The van der Waals surface area contributed by atoms with Crippen LogP contribution in [0, 0.1) is 5.92 Å². The van der Waals surface area contributed by atoms with E-state index in [4.69, 9.17) is 5.73 Å². The van der Waals surface area contributed by atoms with Gasteiger partial charge in [0.25, 0.3) is 0 Å². The smallest absolute Gasteiger partial charge is 0.369 e. The topological polar surface area (TPSA) is 63.4 Å². The molecule has 20 heavy (non-hydrogen) atoms. The first kappa shape index (κ1) is 14.7. The molecule has 1 fully saturated rings. The third-order valence-corrected chi connectivity index (χ3v) is 3.61. The number of primary amides is 1. The fourth-order valence-corrected chi connectivity index (χ4v) is 2.59. The number of carbonyl (C=O) groups is 2. The summed E-state index contributed by atoms with van der Waals surface area (Å²) in [5.41, 5.74) is 1.10. The van der Waals surface area contributed by atoms with Gasteiger partial charge in [-0.3, -0.25) is 9.59 Å². The van der Waals surface area contributed by atoms with Gasteiger partial charge < -0.3 is 10.6 Å². The molecule has 0 radical (unpaired) electrons. The minimum Gasteiger partial charge on any atom is -0.369 e. The summed E-state index contributed by atoms with van der Waals surface area (Å²) in [6, 6.07) is 5.56. The van der Waals surface area contributed by atoms with Crippen LogP contribution in [-0.4, -0.2) is 23.9 Å². The molecule has 1 unspecified atom stereocenters. The van der Waals surface area contributed by atoms with E-state index in [1.807, 2.05) is 0 Å². The van der Waals surface area contributed by atoms with E-state index in [1.54, 1.807) is 0 Å². The second-order valence-electron chi connectivity index (χ2n) is 4.35. The Morgan fingerprint density at radius 2 is 2.10 bits per heavy atom. The van der Waals surface area contributed by atoms with Crippen molar-refractivity contribution in [2.75, 3.05) is 11.4 Å². The van der Waals surface area contributed by atoms with Crippen molar-refractivity contribution in [1.29, 1.82) is 0 Å². The van der Waals surface area contributed by atoms with Crippen molar-refractivity contribution in [3.8, 4) is 0 Å². The fourth-order valence-electron chi connectivity index (χ4n) is 2.00. The zero-order valence-corrected chi connectivity index (χ0v) is 11.0. The van der Waals surface area contributed by atoms with Gasteiger partial charge in [-0.1, -0.05) is 6.07 Å². The number of rotatable bonds is 3. The number of hydrogen-bond donors (Lipinski definition) is 1. The van der Waals surface area contributed by atoms with Crippen LogP contribution in [0.25, 0.3) is 0 Å². The Morgan fingerprint density at radius 1 is 1.40 bits per heavy atom. The number of alkyl halides is 3. The Kier molecular flexibility index (Phi) is 3.94. The summed E-state index contributed by atoms with van der Waals surface area (Å²) >= 11 is -0.248. The van der Waals surface area contributed by atoms with Gasteiger partial charge in [0.15, 0.2) is 0 Å². The van der Waals surface area contributed by atoms with E-state index in [0.29, 0.717) is 5.69 Å². The minimum absolute atomic E-state index is 0.00796. The molecule has 4 nitrogen and oxygen atoms in total. The van der Waals surface area contributed by atoms with Crippen LogP contribution >= 0.6 is 11.8 Å². The molecule has 1 aliphatic heterocycles. The Balaban J connectivity index is 2.19. The van der Waals surface area contributed by atoms with E-state index < -0.39 is 17.3 Å². The van der Waals surface area contributed by atoms with Crippen LogP contribution in [0.4, 0.5) is 18.9 Å². The second-order valence-corrected chi connectivity index (χ2v) is 5.49. The molecule has 1 aromatic rings. The average Bonchev–Trinajstić information content (AvgIpc) is 2.69. The number of nitrogens with two attached hydrogens (primary N) is 1. The van der Waals surface area contributed by atoms with Gasteiger partial charge in [0, 0.05) is 23.5 Å². The van der Waals surface area contributed by atoms with Crippen molar-refractivity contribution in [1.82, 2.24) is 0 Å². The first-order valence-corrected chi connectivity index (χ1v) is 6.53. The lowest BCUT2D eigenvalue weighted by molar-refractivity contribution is -0.123. The molecule has 0 saturated carbocycles. The lowest BCUT2D eigenvalue weighted by atomic mass is 10.1. The van der Waals surface area contributed by atoms with Crippen molar-refractivity contribution in [3.05, 3.63) is 24.3 Å². The van der Waals surface area contributed by atoms with Gasteiger partial charge in [0.2, 0.25) is 11.8 Å². The van der Waals surface area contributed by atoms with E-state index >= 15 is 0 Å². The Bertz CT molecular complexity index is 548. The van der Waals surface area contributed by atoms with Crippen LogP contribution in [0.2, 0.25) is 0 Å². The molecule has 0 aliphatic carbocycles. The number of thioether (sulfide) groups is 1. The standard InChI is InChI=1S/C12H11F3N2O2S/c13-12(14,15)20-9-3-1-2-8(5-9)17-6-7(11(16)19)4-10(17)18/h1-3,5,7H,4,6H2,(H2,16,19). The molecular formula is C12H11F3N2O2S. The summed E-state index contributed by atoms with van der Waals surface area (Å²) < 4.78 is 36.9. The van der Waals surface area contributed by atoms with E-state index in [9.17, 15) is 22.8 Å². The van der Waals surface area contributed by atoms with Crippen LogP contribution in [0.1, 0.15) is 6.42 Å². The van der Waals surface area contributed by atoms with Gasteiger partial charge in [-0.25, -0.2) is 0 Å². The van der Waals surface area contributed by atoms with E-state index in [1.165, 1.54) is 29.2 Å². The number of halogens is 3. The van der Waals surface area contributed by atoms with Crippen LogP contribution in [0.15, 0.2) is 29.2 Å². The third kappa shape index (κ3) is 3.44. The molecule has 1 aromatic carbocycles. The van der Waals surface area contributed by atoms with Gasteiger partial charge >= 0.3 is 5.51 Å². The molecule has 0 aromatic heterocycles. The maximum absolute atomic E-state index is 12.3. The minimum atomic E-state index is -4.39. The zero-order chi connectivity index (χ0) is 14.9. The summed E-state index contributed by atoms with van der Waals surface area (Å²) in [6.07, 6.45) is -0.00796. The maximum atomic E-state index is 12.3. The number of nitrogens with zero attached hydrogens (tertiary/aromatic N) is 1. The number of benzene rings is 1. The van der Waals surface area contributed by atoms with Gasteiger partial charge in [0.1, 0.15) is 0 Å². The highest BCUT2D eigenvalue weighted by Gasteiger charge is 2.34. The molecule has 1 aliphatic rings. The second kappa shape index (κ2) is 5.35. The molecule has 1 saturated heterocycles. The van der Waals surface area contributed by atoms with E-state index in [-0.39, 0.29) is 35.5 Å². The largest absolute Gasteiger partial charge is 0.446 e. The van der Waals surface area contributed by atoms with Crippen LogP contribution in [0.5, 0.6) is 0 Å². The maximum Gasteiger partial charge on any atom is 0.446 e. The summed E-state index contributed by atoms with van der Waals surface area (Å²) in [7, 11) is 0. The molecule has 0 bridgehead atoms. The van der Waals surface area contributed by atoms with Crippen molar-refractivity contribution < 1.29 is 22.8 Å². The van der Waals surface area contributed by atoms with Gasteiger partial charge in [-0.2, -0.15) is 13.2 Å². The average molecular weight is 304 g/mol. The van der Waals surface area contributed by atoms with Crippen molar-refractivity contribution in [3.63, 3.8) is 0 Å². The van der Waals surface area contributed by atoms with Crippen molar-refractivity contribution in [2.45, 2.75) is 16.8 Å². The number of amides is 2. The van der Waals surface area contributed by atoms with Crippen molar-refractivity contribution in [2.24, 2.45) is 11.7 Å². The molecule has 1 atom stereocenters. The van der Waals surface area contributed by atoms with Crippen LogP contribution < -0.4 is 10.6 Å². The number of carbonyl (C=O) groups excluding carboxylic acids is 2. The first-order chi connectivity index (χ1) is 9.26. The predicted molar refractivity (Wildman–Crippen MR) is 68.0 cm³/mol. The fraction of sp³-hybridized carbons (Fsp3) is 0.333. The van der Waals surface area contributed by atoms with E-state index in [0.717, 1.165) is 0 Å². The highest BCUT2D eigenvalue weighted by atomic mass is 32.2. The monoisotopic (exact) mass is 304 g/mol. The number of anilines is 1. The summed E-state index contributed by atoms with van der Waals surface area (Å²) in [5.74, 6) is -1.49. The third-order valence-electron chi connectivity index (χ3n) is 2.89. The molecule has 108 valence electrons. The summed E-state index contributed by atoms with van der Waals surface area (Å²) in [5, 5.41) is 0. The molecule has 1 heterocycles. The molecule has 2 amide bonds.